The average molecular weight is 277 g/mol. The number of fused-ring (bicyclic) bond motifs is 1. The van der Waals surface area contributed by atoms with Crippen LogP contribution in [0.3, 0.4) is 0 Å². The smallest absolute Gasteiger partial charge is 0.0256 e. The molecular formula is C15H17Br. The van der Waals surface area contributed by atoms with Gasteiger partial charge in [0.1, 0.15) is 0 Å². The summed E-state index contributed by atoms with van der Waals surface area (Å²) >= 11 is 3.65. The number of rotatable bonds is 3. The maximum atomic E-state index is 3.65. The van der Waals surface area contributed by atoms with Crippen molar-refractivity contribution < 1.29 is 0 Å². The van der Waals surface area contributed by atoms with E-state index in [1.807, 2.05) is 0 Å². The number of hydrogen-bond acceptors (Lipinski definition) is 0. The van der Waals surface area contributed by atoms with Gasteiger partial charge in [-0.05, 0) is 47.7 Å². The Morgan fingerprint density at radius 2 is 1.81 bits per heavy atom. The third-order valence-corrected chi connectivity index (χ3v) is 3.77. The van der Waals surface area contributed by atoms with Crippen LogP contribution in [0.25, 0.3) is 10.8 Å². The van der Waals surface area contributed by atoms with Crippen molar-refractivity contribution in [2.24, 2.45) is 0 Å². The minimum Gasteiger partial charge on any atom is -0.0654 e. The molecule has 0 radical (unpaired) electrons. The molecule has 16 heavy (non-hydrogen) atoms. The van der Waals surface area contributed by atoms with Crippen LogP contribution in [0.15, 0.2) is 34.8 Å². The molecule has 0 unspecified atom stereocenters. The van der Waals surface area contributed by atoms with Gasteiger partial charge in [-0.3, -0.25) is 0 Å². The van der Waals surface area contributed by atoms with Gasteiger partial charge in [0.2, 0.25) is 0 Å². The molecule has 0 aliphatic carbocycles. The molecule has 0 bridgehead atoms. The Morgan fingerprint density at radius 1 is 1.12 bits per heavy atom. The van der Waals surface area contributed by atoms with Gasteiger partial charge in [-0.15, -0.1) is 0 Å². The molecule has 84 valence electrons. The van der Waals surface area contributed by atoms with Crippen LogP contribution in [-0.2, 0) is 6.42 Å². The minimum absolute atomic E-state index is 1.19. The predicted molar refractivity (Wildman–Crippen MR) is 75.0 cm³/mol. The van der Waals surface area contributed by atoms with Crippen LogP contribution in [0, 0.1) is 6.92 Å². The van der Waals surface area contributed by atoms with Crippen molar-refractivity contribution in [2.45, 2.75) is 33.1 Å². The number of halogens is 1. The van der Waals surface area contributed by atoms with E-state index in [0.717, 1.165) is 0 Å². The molecule has 0 aliphatic heterocycles. The highest BCUT2D eigenvalue weighted by Crippen LogP contribution is 2.30. The fourth-order valence-corrected chi connectivity index (χ4v) is 2.90. The summed E-state index contributed by atoms with van der Waals surface area (Å²) in [4.78, 5) is 0. The van der Waals surface area contributed by atoms with Gasteiger partial charge in [0.05, 0.1) is 0 Å². The molecule has 1 heteroatoms. The van der Waals surface area contributed by atoms with Gasteiger partial charge in [0, 0.05) is 4.47 Å². The lowest BCUT2D eigenvalue weighted by molar-refractivity contribution is 0.795. The predicted octanol–water partition coefficient (Wildman–Crippen LogP) is 5.25. The highest BCUT2D eigenvalue weighted by molar-refractivity contribution is 9.10. The van der Waals surface area contributed by atoms with E-state index in [0.29, 0.717) is 0 Å². The third-order valence-electron chi connectivity index (χ3n) is 3.11. The first-order valence-electron chi connectivity index (χ1n) is 5.90. The van der Waals surface area contributed by atoms with Crippen molar-refractivity contribution in [3.63, 3.8) is 0 Å². The van der Waals surface area contributed by atoms with Crippen molar-refractivity contribution in [3.8, 4) is 0 Å². The molecule has 0 amide bonds. The van der Waals surface area contributed by atoms with Gasteiger partial charge >= 0.3 is 0 Å². The Morgan fingerprint density at radius 3 is 2.50 bits per heavy atom. The monoisotopic (exact) mass is 276 g/mol. The molecule has 0 atom stereocenters. The maximum absolute atomic E-state index is 3.65. The Labute approximate surface area is 106 Å². The molecule has 0 saturated heterocycles. The van der Waals surface area contributed by atoms with E-state index in [4.69, 9.17) is 0 Å². The van der Waals surface area contributed by atoms with Gasteiger partial charge < -0.3 is 0 Å². The molecular weight excluding hydrogens is 260 g/mol. The first-order valence-corrected chi connectivity index (χ1v) is 6.70. The summed E-state index contributed by atoms with van der Waals surface area (Å²) in [6.45, 7) is 4.46. The van der Waals surface area contributed by atoms with Crippen LogP contribution in [0.4, 0.5) is 0 Å². The fraction of sp³-hybridized carbons (Fsp3) is 0.333. The van der Waals surface area contributed by atoms with Crippen molar-refractivity contribution in [2.75, 3.05) is 0 Å². The number of aryl methyl sites for hydroxylation is 2. The summed E-state index contributed by atoms with van der Waals surface area (Å²) in [5.41, 5.74) is 2.92. The number of hydrogen-bond donors (Lipinski definition) is 0. The van der Waals surface area contributed by atoms with Gasteiger partial charge in [0.15, 0.2) is 0 Å². The van der Waals surface area contributed by atoms with E-state index in [1.165, 1.54) is 45.6 Å². The van der Waals surface area contributed by atoms with Crippen LogP contribution in [-0.4, -0.2) is 0 Å². The topological polar surface area (TPSA) is 0 Å². The summed E-state index contributed by atoms with van der Waals surface area (Å²) in [5.74, 6) is 0. The fourth-order valence-electron chi connectivity index (χ4n) is 2.21. The van der Waals surface area contributed by atoms with E-state index in [9.17, 15) is 0 Å². The second kappa shape index (κ2) is 5.01. The summed E-state index contributed by atoms with van der Waals surface area (Å²) in [7, 11) is 0. The number of benzene rings is 2. The summed E-state index contributed by atoms with van der Waals surface area (Å²) in [6.07, 6.45) is 3.71. The normalized spacial score (nSPS) is 10.9. The minimum atomic E-state index is 1.19. The average Bonchev–Trinajstić information content (AvgIpc) is 2.29. The first kappa shape index (κ1) is 11.7. The lowest BCUT2D eigenvalue weighted by Crippen LogP contribution is -1.92. The van der Waals surface area contributed by atoms with E-state index in [-0.39, 0.29) is 0 Å². The zero-order valence-electron chi connectivity index (χ0n) is 9.89. The lowest BCUT2D eigenvalue weighted by Gasteiger charge is -2.11. The van der Waals surface area contributed by atoms with Gasteiger partial charge in [0.25, 0.3) is 0 Å². The number of unbranched alkanes of at least 4 members (excludes halogenated alkanes) is 1. The van der Waals surface area contributed by atoms with Crippen LogP contribution in [0.2, 0.25) is 0 Å². The second-order valence-electron chi connectivity index (χ2n) is 4.30. The molecule has 2 aromatic rings. The molecule has 0 nitrogen and oxygen atoms in total. The van der Waals surface area contributed by atoms with Crippen molar-refractivity contribution >= 4 is 26.7 Å². The second-order valence-corrected chi connectivity index (χ2v) is 5.16. The molecule has 2 aromatic carbocycles. The quantitative estimate of drug-likeness (QED) is 0.718. The van der Waals surface area contributed by atoms with Gasteiger partial charge in [-0.2, -0.15) is 0 Å². The van der Waals surface area contributed by atoms with Crippen molar-refractivity contribution in [1.29, 1.82) is 0 Å². The molecule has 0 spiro atoms. The summed E-state index contributed by atoms with van der Waals surface area (Å²) < 4.78 is 1.21. The van der Waals surface area contributed by atoms with Crippen LogP contribution in [0.1, 0.15) is 30.9 Å². The zero-order chi connectivity index (χ0) is 11.5. The van der Waals surface area contributed by atoms with E-state index >= 15 is 0 Å². The van der Waals surface area contributed by atoms with E-state index in [1.54, 1.807) is 0 Å². The molecule has 0 saturated carbocycles. The Balaban J connectivity index is 2.61. The molecule has 0 aliphatic rings. The lowest BCUT2D eigenvalue weighted by atomic mass is 9.96. The summed E-state index contributed by atoms with van der Waals surface area (Å²) in [5, 5.41) is 2.74. The van der Waals surface area contributed by atoms with Gasteiger partial charge in [-0.1, -0.05) is 53.5 Å². The zero-order valence-corrected chi connectivity index (χ0v) is 11.5. The Hall–Kier alpha value is -0.820. The Bertz CT molecular complexity index is 500. The van der Waals surface area contributed by atoms with Gasteiger partial charge in [-0.25, -0.2) is 0 Å². The highest BCUT2D eigenvalue weighted by atomic mass is 79.9. The SMILES string of the molecule is CCCCc1c(C)cc(Br)c2ccccc12. The van der Waals surface area contributed by atoms with Crippen LogP contribution < -0.4 is 0 Å². The molecule has 0 heterocycles. The Kier molecular flexibility index (Phi) is 3.65. The highest BCUT2D eigenvalue weighted by Gasteiger charge is 2.07. The van der Waals surface area contributed by atoms with Crippen LogP contribution in [0.5, 0.6) is 0 Å². The third kappa shape index (κ3) is 2.15. The van der Waals surface area contributed by atoms with Crippen molar-refractivity contribution in [1.82, 2.24) is 0 Å². The van der Waals surface area contributed by atoms with E-state index < -0.39 is 0 Å². The molecule has 2 rings (SSSR count). The standard InChI is InChI=1S/C15H17Br/c1-3-4-7-12-11(2)10-15(16)14-9-6-5-8-13(12)14/h5-6,8-10H,3-4,7H2,1-2H3. The van der Waals surface area contributed by atoms with Crippen LogP contribution >= 0.6 is 15.9 Å². The van der Waals surface area contributed by atoms with E-state index in [2.05, 4.69) is 60.1 Å². The largest absolute Gasteiger partial charge is 0.0654 e. The first-order chi connectivity index (χ1) is 7.74. The molecule has 0 fully saturated rings. The van der Waals surface area contributed by atoms with Crippen molar-refractivity contribution in [3.05, 3.63) is 45.9 Å². The molecule has 0 aromatic heterocycles. The summed E-state index contributed by atoms with van der Waals surface area (Å²) in [6, 6.07) is 10.9. The molecule has 0 N–H and O–H groups in total. The maximum Gasteiger partial charge on any atom is 0.0256 e.